The Morgan fingerprint density at radius 2 is 1.08 bits per heavy atom. The van der Waals surface area contributed by atoms with Crippen molar-refractivity contribution < 1.29 is 93.8 Å². The predicted molar refractivity (Wildman–Crippen MR) is 137 cm³/mol. The maximum Gasteiger partial charge on any atom is 0.460 e. The SMILES string of the molecule is CCCCCCCCCCOC(=O)c1ccc(OCCC(F)(F)C(F)(F)C(F)(F)C(F)(F)C(F)(F)C(F)(F)C(F)(F)C(F)(F)F)c([N+](=O)[O-])c1. The van der Waals surface area contributed by atoms with Crippen LogP contribution in [-0.2, 0) is 4.74 Å². The second-order valence-corrected chi connectivity index (χ2v) is 10.8. The summed E-state index contributed by atoms with van der Waals surface area (Å²) in [7, 11) is 0. The van der Waals surface area contributed by atoms with Crippen LogP contribution in [0.2, 0.25) is 0 Å². The number of esters is 1. The Hall–Kier alpha value is -3.30. The molecule has 6 nitrogen and oxygen atoms in total. The number of unbranched alkanes of at least 4 members (excludes halogenated alkanes) is 7. The van der Waals surface area contributed by atoms with Crippen molar-refractivity contribution in [1.29, 1.82) is 0 Å². The Morgan fingerprint density at radius 3 is 1.54 bits per heavy atom. The van der Waals surface area contributed by atoms with E-state index in [1.165, 1.54) is 0 Å². The van der Waals surface area contributed by atoms with Crippen LogP contribution in [0, 0.1) is 10.1 Å². The second kappa shape index (κ2) is 15.9. The zero-order chi connectivity index (χ0) is 39.2. The van der Waals surface area contributed by atoms with Crippen LogP contribution in [0.5, 0.6) is 5.75 Å². The Kier molecular flexibility index (Phi) is 14.3. The first-order valence-electron chi connectivity index (χ1n) is 14.3. The lowest BCUT2D eigenvalue weighted by molar-refractivity contribution is -0.461. The third kappa shape index (κ3) is 8.76. The molecule has 0 aromatic heterocycles. The fourth-order valence-electron chi connectivity index (χ4n) is 4.04. The van der Waals surface area contributed by atoms with Crippen molar-refractivity contribution in [2.75, 3.05) is 13.2 Å². The van der Waals surface area contributed by atoms with E-state index < -0.39 is 88.6 Å². The molecule has 0 aliphatic heterocycles. The molecule has 0 saturated carbocycles. The van der Waals surface area contributed by atoms with E-state index in [0.29, 0.717) is 25.0 Å². The zero-order valence-corrected chi connectivity index (χ0v) is 25.4. The number of alkyl halides is 17. The van der Waals surface area contributed by atoms with Crippen LogP contribution >= 0.6 is 0 Å². The normalized spacial score (nSPS) is 14.1. The lowest BCUT2D eigenvalue weighted by atomic mass is 9.88. The topological polar surface area (TPSA) is 78.7 Å². The van der Waals surface area contributed by atoms with Crippen LogP contribution in [0.4, 0.5) is 80.3 Å². The molecule has 0 atom stereocenters. The third-order valence-electron chi connectivity index (χ3n) is 7.08. The molecular formula is C27H28F17NO5. The molecule has 0 amide bonds. The van der Waals surface area contributed by atoms with E-state index in [0.717, 1.165) is 44.6 Å². The van der Waals surface area contributed by atoms with Crippen LogP contribution in [-0.4, -0.2) is 71.7 Å². The van der Waals surface area contributed by atoms with Gasteiger partial charge >= 0.3 is 59.3 Å². The molecule has 0 N–H and O–H groups in total. The Morgan fingerprint density at radius 1 is 0.640 bits per heavy atom. The summed E-state index contributed by atoms with van der Waals surface area (Å²) in [4.78, 5) is 22.2. The van der Waals surface area contributed by atoms with Crippen LogP contribution < -0.4 is 4.74 Å². The average Bonchev–Trinajstić information content (AvgIpc) is 2.98. The van der Waals surface area contributed by atoms with Gasteiger partial charge < -0.3 is 9.47 Å². The van der Waals surface area contributed by atoms with E-state index in [4.69, 9.17) is 4.74 Å². The molecule has 0 heterocycles. The fraction of sp³-hybridized carbons (Fsp3) is 0.741. The number of carbonyl (C=O) groups is 1. The van der Waals surface area contributed by atoms with E-state index >= 15 is 0 Å². The highest BCUT2D eigenvalue weighted by Gasteiger charge is 2.95. The highest BCUT2D eigenvalue weighted by molar-refractivity contribution is 5.90. The van der Waals surface area contributed by atoms with Crippen molar-refractivity contribution in [3.8, 4) is 5.75 Å². The van der Waals surface area contributed by atoms with Crippen LogP contribution in [0.1, 0.15) is 75.1 Å². The van der Waals surface area contributed by atoms with Gasteiger partial charge in [-0.2, -0.15) is 74.6 Å². The van der Waals surface area contributed by atoms with E-state index in [1.807, 2.05) is 6.92 Å². The number of rotatable bonds is 21. The largest absolute Gasteiger partial charge is 0.487 e. The van der Waals surface area contributed by atoms with Gasteiger partial charge in [0.1, 0.15) is 0 Å². The first-order chi connectivity index (χ1) is 22.5. The molecule has 0 radical (unpaired) electrons. The van der Waals surface area contributed by atoms with Crippen LogP contribution in [0.25, 0.3) is 0 Å². The van der Waals surface area contributed by atoms with Gasteiger partial charge in [-0.25, -0.2) is 4.79 Å². The van der Waals surface area contributed by atoms with E-state index in [-0.39, 0.29) is 6.61 Å². The third-order valence-corrected chi connectivity index (χ3v) is 7.08. The summed E-state index contributed by atoms with van der Waals surface area (Å²) in [6.07, 6.45) is -3.77. The number of hydrogen-bond acceptors (Lipinski definition) is 5. The quantitative estimate of drug-likeness (QED) is 0.0409. The number of nitrogens with zero attached hydrogens (tertiary/aromatic N) is 1. The molecule has 0 aliphatic carbocycles. The molecule has 50 heavy (non-hydrogen) atoms. The summed E-state index contributed by atoms with van der Waals surface area (Å²) >= 11 is 0. The summed E-state index contributed by atoms with van der Waals surface area (Å²) in [5.74, 6) is -59.7. The highest BCUT2D eigenvalue weighted by Crippen LogP contribution is 2.64. The molecule has 0 bridgehead atoms. The molecule has 1 rings (SSSR count). The average molecular weight is 769 g/mol. The Balaban J connectivity index is 3.08. The standard InChI is InChI=1S/C27H28F17NO5/c1-2-3-4-5-6-7-8-9-13-50-19(46)16-10-11-18(17(15-16)45(47)48)49-14-12-20(28,29)21(30,31)22(32,33)23(34,35)24(36,37)25(38,39)26(40,41)27(42,43)44/h10-11,15H,2-9,12-14H2,1H3. The monoisotopic (exact) mass is 769 g/mol. The van der Waals surface area contributed by atoms with Crippen molar-refractivity contribution in [1.82, 2.24) is 0 Å². The molecule has 0 spiro atoms. The highest BCUT2D eigenvalue weighted by atomic mass is 19.4. The van der Waals surface area contributed by atoms with Gasteiger partial charge in [0.05, 0.1) is 30.1 Å². The van der Waals surface area contributed by atoms with Gasteiger partial charge in [0.25, 0.3) is 0 Å². The van der Waals surface area contributed by atoms with Crippen molar-refractivity contribution in [3.63, 3.8) is 0 Å². The van der Waals surface area contributed by atoms with Gasteiger partial charge in [0.2, 0.25) is 0 Å². The molecule has 290 valence electrons. The lowest BCUT2D eigenvalue weighted by Crippen LogP contribution is -2.74. The summed E-state index contributed by atoms with van der Waals surface area (Å²) in [6, 6.07) is 1.65. The number of benzene rings is 1. The van der Waals surface area contributed by atoms with E-state index in [1.54, 1.807) is 0 Å². The number of carbonyl (C=O) groups excluding carboxylic acids is 1. The maximum absolute atomic E-state index is 14.1. The van der Waals surface area contributed by atoms with Crippen molar-refractivity contribution in [2.24, 2.45) is 0 Å². The number of nitro groups is 1. The minimum atomic E-state index is -8.75. The smallest absolute Gasteiger partial charge is 0.460 e. The van der Waals surface area contributed by atoms with Gasteiger partial charge in [0.15, 0.2) is 5.75 Å². The molecule has 0 fully saturated rings. The van der Waals surface area contributed by atoms with Crippen molar-refractivity contribution >= 4 is 11.7 Å². The summed E-state index contributed by atoms with van der Waals surface area (Å²) < 4.78 is 237. The lowest BCUT2D eigenvalue weighted by Gasteiger charge is -2.42. The predicted octanol–water partition coefficient (Wildman–Crippen LogP) is 10.7. The van der Waals surface area contributed by atoms with E-state index in [2.05, 4.69) is 4.74 Å². The first kappa shape index (κ1) is 44.7. The van der Waals surface area contributed by atoms with Crippen molar-refractivity contribution in [2.45, 2.75) is 112 Å². The van der Waals surface area contributed by atoms with Gasteiger partial charge in [-0.1, -0.05) is 51.9 Å². The van der Waals surface area contributed by atoms with Gasteiger partial charge in [0, 0.05) is 6.07 Å². The van der Waals surface area contributed by atoms with Gasteiger partial charge in [-0.05, 0) is 18.6 Å². The minimum absolute atomic E-state index is 0.124. The Labute approximate surface area is 271 Å². The molecule has 0 aliphatic rings. The zero-order valence-electron chi connectivity index (χ0n) is 25.4. The number of nitro benzene ring substituents is 1. The van der Waals surface area contributed by atoms with Gasteiger partial charge in [-0.3, -0.25) is 10.1 Å². The molecule has 1 aromatic rings. The number of halogens is 17. The maximum atomic E-state index is 14.1. The second-order valence-electron chi connectivity index (χ2n) is 10.8. The summed E-state index contributed by atoms with van der Waals surface area (Å²) in [6.45, 7) is -0.173. The summed E-state index contributed by atoms with van der Waals surface area (Å²) in [5.41, 5.74) is -1.79. The summed E-state index contributed by atoms with van der Waals surface area (Å²) in [5, 5.41) is 11.4. The van der Waals surface area contributed by atoms with Crippen LogP contribution in [0.15, 0.2) is 18.2 Å². The number of ether oxygens (including phenoxy) is 2. The number of hydrogen-bond donors (Lipinski definition) is 0. The molecule has 0 unspecified atom stereocenters. The Bertz CT molecular complexity index is 1300. The fourth-order valence-corrected chi connectivity index (χ4v) is 4.04. The van der Waals surface area contributed by atoms with Gasteiger partial charge in [-0.15, -0.1) is 0 Å². The minimum Gasteiger partial charge on any atom is -0.487 e. The van der Waals surface area contributed by atoms with Crippen molar-refractivity contribution in [3.05, 3.63) is 33.9 Å². The molecule has 0 saturated heterocycles. The molecule has 23 heteroatoms. The first-order valence-corrected chi connectivity index (χ1v) is 14.3. The molecule has 1 aromatic carbocycles. The van der Waals surface area contributed by atoms with Crippen LogP contribution in [0.3, 0.4) is 0 Å². The van der Waals surface area contributed by atoms with E-state index in [9.17, 15) is 89.5 Å². The molecular weight excluding hydrogens is 741 g/mol.